The minimum absolute atomic E-state index is 0.0826. The summed E-state index contributed by atoms with van der Waals surface area (Å²) in [7, 11) is -3.52. The molecule has 0 aromatic heterocycles. The molecule has 2 aromatic rings. The summed E-state index contributed by atoms with van der Waals surface area (Å²) in [6.07, 6.45) is 2.68. The summed E-state index contributed by atoms with van der Waals surface area (Å²) >= 11 is 0. The summed E-state index contributed by atoms with van der Waals surface area (Å²) in [5.74, 6) is -1.49. The van der Waals surface area contributed by atoms with Gasteiger partial charge in [0.15, 0.2) is 12.4 Å². The van der Waals surface area contributed by atoms with Crippen molar-refractivity contribution in [1.82, 2.24) is 4.31 Å². The number of sulfonamides is 1. The maximum atomic E-state index is 12.9. The molecule has 0 bridgehead atoms. The molecule has 0 radical (unpaired) electrons. The van der Waals surface area contributed by atoms with Crippen molar-refractivity contribution in [1.29, 1.82) is 0 Å². The van der Waals surface area contributed by atoms with Crippen molar-refractivity contribution < 1.29 is 27.1 Å². The lowest BCUT2D eigenvalue weighted by Crippen LogP contribution is -2.35. The van der Waals surface area contributed by atoms with Crippen molar-refractivity contribution in [3.05, 3.63) is 65.5 Å². The molecule has 0 unspecified atom stereocenters. The predicted octanol–water partition coefficient (Wildman–Crippen LogP) is 2.97. The molecule has 29 heavy (non-hydrogen) atoms. The van der Waals surface area contributed by atoms with Crippen molar-refractivity contribution in [3.8, 4) is 0 Å². The topological polar surface area (TPSA) is 80.8 Å². The van der Waals surface area contributed by atoms with E-state index in [-0.39, 0.29) is 16.9 Å². The molecule has 154 valence electrons. The number of hydrogen-bond donors (Lipinski definition) is 0. The Labute approximate surface area is 169 Å². The van der Waals surface area contributed by atoms with Crippen LogP contribution in [0.2, 0.25) is 0 Å². The largest absolute Gasteiger partial charge is 0.457 e. The lowest BCUT2D eigenvalue weighted by atomic mass is 10.1. The molecule has 1 aliphatic rings. The minimum Gasteiger partial charge on any atom is -0.457 e. The number of piperidine rings is 1. The number of benzene rings is 2. The SMILES string of the molecule is O=C(Cc1ccc(S(=O)(=O)N2CCCCC2)cc1)OCC(=O)c1ccc(F)cc1. The zero-order valence-corrected chi connectivity index (χ0v) is 16.7. The van der Waals surface area contributed by atoms with Gasteiger partial charge in [-0.05, 0) is 54.8 Å². The summed E-state index contributed by atoms with van der Waals surface area (Å²) in [5.41, 5.74) is 0.841. The number of hydrogen-bond acceptors (Lipinski definition) is 5. The van der Waals surface area contributed by atoms with E-state index in [1.165, 1.54) is 28.6 Å². The first-order chi connectivity index (χ1) is 13.9. The lowest BCUT2D eigenvalue weighted by molar-refractivity contribution is -0.141. The molecule has 1 heterocycles. The Balaban J connectivity index is 1.54. The van der Waals surface area contributed by atoms with E-state index in [0.29, 0.717) is 18.7 Å². The zero-order chi connectivity index (χ0) is 20.9. The van der Waals surface area contributed by atoms with Gasteiger partial charge in [-0.25, -0.2) is 12.8 Å². The van der Waals surface area contributed by atoms with Crippen LogP contribution in [0.4, 0.5) is 4.39 Å². The predicted molar refractivity (Wildman–Crippen MR) is 104 cm³/mol. The molecule has 0 spiro atoms. The minimum atomic E-state index is -3.52. The Morgan fingerprint density at radius 1 is 0.931 bits per heavy atom. The van der Waals surface area contributed by atoms with Crippen molar-refractivity contribution in [3.63, 3.8) is 0 Å². The molecule has 3 rings (SSSR count). The molecule has 1 aliphatic heterocycles. The van der Waals surface area contributed by atoms with Gasteiger partial charge in [0.05, 0.1) is 11.3 Å². The van der Waals surface area contributed by atoms with Gasteiger partial charge in [-0.1, -0.05) is 18.6 Å². The Morgan fingerprint density at radius 2 is 1.55 bits per heavy atom. The fourth-order valence-corrected chi connectivity index (χ4v) is 4.63. The van der Waals surface area contributed by atoms with Crippen LogP contribution in [-0.4, -0.2) is 44.2 Å². The van der Waals surface area contributed by atoms with Gasteiger partial charge in [-0.15, -0.1) is 0 Å². The van der Waals surface area contributed by atoms with Crippen molar-refractivity contribution in [2.24, 2.45) is 0 Å². The van der Waals surface area contributed by atoms with Crippen LogP contribution in [-0.2, 0) is 26.0 Å². The first kappa shape index (κ1) is 21.1. The van der Waals surface area contributed by atoms with Crippen molar-refractivity contribution in [2.75, 3.05) is 19.7 Å². The molecular formula is C21H22FNO5S. The van der Waals surface area contributed by atoms with Gasteiger partial charge in [0.25, 0.3) is 0 Å². The quantitative estimate of drug-likeness (QED) is 0.509. The van der Waals surface area contributed by atoms with Crippen LogP contribution in [0.3, 0.4) is 0 Å². The zero-order valence-electron chi connectivity index (χ0n) is 15.8. The number of carbonyl (C=O) groups is 2. The van der Waals surface area contributed by atoms with Crippen LogP contribution in [0.25, 0.3) is 0 Å². The molecule has 0 aliphatic carbocycles. The van der Waals surface area contributed by atoms with E-state index in [0.717, 1.165) is 31.4 Å². The number of halogens is 1. The van der Waals surface area contributed by atoms with E-state index in [1.54, 1.807) is 12.1 Å². The molecule has 2 aromatic carbocycles. The van der Waals surface area contributed by atoms with Gasteiger partial charge in [0.2, 0.25) is 10.0 Å². The summed E-state index contributed by atoms with van der Waals surface area (Å²) in [6, 6.07) is 11.1. The number of nitrogens with zero attached hydrogens (tertiary/aromatic N) is 1. The van der Waals surface area contributed by atoms with Gasteiger partial charge < -0.3 is 4.74 Å². The average Bonchev–Trinajstić information content (AvgIpc) is 2.73. The molecule has 1 saturated heterocycles. The van der Waals surface area contributed by atoms with Crippen LogP contribution in [0.1, 0.15) is 35.2 Å². The number of Topliss-reactive ketones (excluding diaryl/α,β-unsaturated/α-hetero) is 1. The van der Waals surface area contributed by atoms with E-state index in [9.17, 15) is 22.4 Å². The Bertz CT molecular complexity index is 965. The second-order valence-corrected chi connectivity index (χ2v) is 8.81. The number of rotatable bonds is 7. The number of ketones is 1. The highest BCUT2D eigenvalue weighted by Gasteiger charge is 2.25. The third kappa shape index (κ3) is 5.48. The third-order valence-electron chi connectivity index (χ3n) is 4.76. The monoisotopic (exact) mass is 419 g/mol. The molecular weight excluding hydrogens is 397 g/mol. The summed E-state index contributed by atoms with van der Waals surface area (Å²) in [4.78, 5) is 24.1. The van der Waals surface area contributed by atoms with Gasteiger partial charge >= 0.3 is 5.97 Å². The molecule has 0 amide bonds. The van der Waals surface area contributed by atoms with Crippen LogP contribution in [0.5, 0.6) is 0 Å². The average molecular weight is 419 g/mol. The molecule has 0 N–H and O–H groups in total. The Hall–Kier alpha value is -2.58. The van der Waals surface area contributed by atoms with Gasteiger partial charge in [-0.3, -0.25) is 9.59 Å². The van der Waals surface area contributed by atoms with Crippen molar-refractivity contribution in [2.45, 2.75) is 30.6 Å². The van der Waals surface area contributed by atoms with E-state index < -0.39 is 34.2 Å². The first-order valence-electron chi connectivity index (χ1n) is 9.40. The highest BCUT2D eigenvalue weighted by molar-refractivity contribution is 7.89. The first-order valence-corrected chi connectivity index (χ1v) is 10.8. The molecule has 0 atom stereocenters. The fourth-order valence-electron chi connectivity index (χ4n) is 3.12. The highest BCUT2D eigenvalue weighted by Crippen LogP contribution is 2.21. The van der Waals surface area contributed by atoms with Crippen molar-refractivity contribution >= 4 is 21.8 Å². The smallest absolute Gasteiger partial charge is 0.310 e. The summed E-state index contributed by atoms with van der Waals surface area (Å²) in [6.45, 7) is 0.614. The number of esters is 1. The number of carbonyl (C=O) groups excluding carboxylic acids is 2. The molecule has 6 nitrogen and oxygen atoms in total. The summed E-state index contributed by atoms with van der Waals surface area (Å²) in [5, 5.41) is 0. The van der Waals surface area contributed by atoms with E-state index >= 15 is 0 Å². The maximum absolute atomic E-state index is 12.9. The summed E-state index contributed by atoms with van der Waals surface area (Å²) < 4.78 is 44.6. The van der Waals surface area contributed by atoms with Gasteiger partial charge in [-0.2, -0.15) is 4.31 Å². The van der Waals surface area contributed by atoms with Gasteiger partial charge in [0, 0.05) is 18.7 Å². The molecule has 1 fully saturated rings. The highest BCUT2D eigenvalue weighted by atomic mass is 32.2. The number of ether oxygens (including phenoxy) is 1. The van der Waals surface area contributed by atoms with E-state index in [1.807, 2.05) is 0 Å². The third-order valence-corrected chi connectivity index (χ3v) is 6.67. The molecule has 8 heteroatoms. The normalized spacial score (nSPS) is 15.1. The van der Waals surface area contributed by atoms with E-state index in [2.05, 4.69) is 0 Å². The fraction of sp³-hybridized carbons (Fsp3) is 0.333. The van der Waals surface area contributed by atoms with E-state index in [4.69, 9.17) is 4.74 Å². The maximum Gasteiger partial charge on any atom is 0.310 e. The van der Waals surface area contributed by atoms with Crippen LogP contribution >= 0.6 is 0 Å². The van der Waals surface area contributed by atoms with Crippen LogP contribution in [0, 0.1) is 5.82 Å². The van der Waals surface area contributed by atoms with Crippen LogP contribution < -0.4 is 0 Å². The lowest BCUT2D eigenvalue weighted by Gasteiger charge is -2.25. The second-order valence-electron chi connectivity index (χ2n) is 6.88. The standard InChI is InChI=1S/C21H22FNO5S/c22-18-8-6-17(7-9-18)20(24)15-28-21(25)14-16-4-10-19(11-5-16)29(26,27)23-12-2-1-3-13-23/h4-11H,1-3,12-15H2. The second kappa shape index (κ2) is 9.28. The van der Waals surface area contributed by atoms with Crippen LogP contribution in [0.15, 0.2) is 53.4 Å². The Morgan fingerprint density at radius 3 is 2.17 bits per heavy atom. The van der Waals surface area contributed by atoms with Gasteiger partial charge in [0.1, 0.15) is 5.82 Å². The molecule has 0 saturated carbocycles. The Kier molecular flexibility index (Phi) is 6.76.